The van der Waals surface area contributed by atoms with Gasteiger partial charge in [0.15, 0.2) is 0 Å². The molecule has 5 heteroatoms. The van der Waals surface area contributed by atoms with Gasteiger partial charge in [0.05, 0.1) is 6.10 Å². The minimum Gasteiger partial charge on any atom is -0.393 e. The largest absolute Gasteiger partial charge is 0.393 e. The summed E-state index contributed by atoms with van der Waals surface area (Å²) in [5, 5.41) is 10.2. The van der Waals surface area contributed by atoms with Crippen molar-refractivity contribution in [3.05, 3.63) is 35.4 Å². The van der Waals surface area contributed by atoms with Gasteiger partial charge in [0.25, 0.3) is 0 Å². The van der Waals surface area contributed by atoms with Crippen LogP contribution < -0.4 is 0 Å². The van der Waals surface area contributed by atoms with E-state index in [1.807, 2.05) is 7.05 Å². The molecule has 1 aromatic rings. The maximum Gasteiger partial charge on any atom is 0.126 e. The fourth-order valence-electron chi connectivity index (χ4n) is 2.75. The first-order chi connectivity index (χ1) is 9.44. The zero-order chi connectivity index (χ0) is 14.7. The second-order valence-electron chi connectivity index (χ2n) is 5.77. The first kappa shape index (κ1) is 15.4. The third-order valence-corrected chi connectivity index (χ3v) is 3.92. The molecule has 1 fully saturated rings. The van der Waals surface area contributed by atoms with Crippen LogP contribution in [0.3, 0.4) is 0 Å². The first-order valence-corrected chi connectivity index (χ1v) is 6.96. The van der Waals surface area contributed by atoms with Gasteiger partial charge in [-0.05, 0) is 44.6 Å². The van der Waals surface area contributed by atoms with Gasteiger partial charge in [-0.3, -0.25) is 0 Å². The monoisotopic (exact) mass is 284 g/mol. The second-order valence-corrected chi connectivity index (χ2v) is 5.77. The summed E-state index contributed by atoms with van der Waals surface area (Å²) in [6.07, 6.45) is 0.303. The summed E-state index contributed by atoms with van der Waals surface area (Å²) in [7, 11) is 4.11. The first-order valence-electron chi connectivity index (χ1n) is 6.96. The minimum atomic E-state index is -0.596. The minimum absolute atomic E-state index is 0.280. The number of aliphatic hydroxyl groups excluding tert-OH is 1. The Morgan fingerprint density at radius 1 is 1.20 bits per heavy atom. The van der Waals surface area contributed by atoms with E-state index < -0.39 is 17.7 Å². The van der Waals surface area contributed by atoms with E-state index in [1.165, 1.54) is 12.1 Å². The van der Waals surface area contributed by atoms with Crippen molar-refractivity contribution < 1.29 is 13.9 Å². The molecule has 1 heterocycles. The Labute approximate surface area is 118 Å². The van der Waals surface area contributed by atoms with Crippen molar-refractivity contribution in [3.8, 4) is 0 Å². The summed E-state index contributed by atoms with van der Waals surface area (Å²) in [5.74, 6) is -1.19. The molecule has 0 radical (unpaired) electrons. The zero-order valence-corrected chi connectivity index (χ0v) is 12.0. The molecule has 2 unspecified atom stereocenters. The van der Waals surface area contributed by atoms with Crippen molar-refractivity contribution in [3.63, 3.8) is 0 Å². The van der Waals surface area contributed by atoms with Crippen LogP contribution >= 0.6 is 0 Å². The summed E-state index contributed by atoms with van der Waals surface area (Å²) >= 11 is 0. The van der Waals surface area contributed by atoms with Crippen LogP contribution in [0.2, 0.25) is 0 Å². The van der Waals surface area contributed by atoms with Crippen molar-refractivity contribution in [1.82, 2.24) is 9.80 Å². The fraction of sp³-hybridized carbons (Fsp3) is 0.600. The molecule has 1 aliphatic rings. The van der Waals surface area contributed by atoms with E-state index in [4.69, 9.17) is 0 Å². The van der Waals surface area contributed by atoms with Gasteiger partial charge in [-0.15, -0.1) is 0 Å². The van der Waals surface area contributed by atoms with Gasteiger partial charge in [-0.2, -0.15) is 0 Å². The molecule has 112 valence electrons. The molecule has 1 aliphatic heterocycles. The van der Waals surface area contributed by atoms with Crippen molar-refractivity contribution in [2.45, 2.75) is 25.0 Å². The van der Waals surface area contributed by atoms with Crippen molar-refractivity contribution in [2.24, 2.45) is 0 Å². The number of hydrogen-bond acceptors (Lipinski definition) is 3. The topological polar surface area (TPSA) is 26.7 Å². The van der Waals surface area contributed by atoms with E-state index in [9.17, 15) is 13.9 Å². The molecule has 20 heavy (non-hydrogen) atoms. The lowest BCUT2D eigenvalue weighted by molar-refractivity contribution is 0.0638. The number of hydrogen-bond donors (Lipinski definition) is 1. The Bertz CT molecular complexity index is 435. The van der Waals surface area contributed by atoms with Gasteiger partial charge < -0.3 is 14.9 Å². The molecule has 2 atom stereocenters. The van der Waals surface area contributed by atoms with E-state index in [1.54, 1.807) is 0 Å². The highest BCUT2D eigenvalue weighted by Gasteiger charge is 2.24. The second kappa shape index (κ2) is 6.61. The molecule has 2 rings (SSSR count). The van der Waals surface area contributed by atoms with Gasteiger partial charge in [0.1, 0.15) is 11.6 Å². The van der Waals surface area contributed by atoms with Crippen molar-refractivity contribution in [2.75, 3.05) is 33.7 Å². The molecule has 1 aromatic carbocycles. The Hall–Kier alpha value is -1.04. The Morgan fingerprint density at radius 2 is 1.85 bits per heavy atom. The Morgan fingerprint density at radius 3 is 2.50 bits per heavy atom. The van der Waals surface area contributed by atoms with Gasteiger partial charge in [-0.25, -0.2) is 8.78 Å². The SMILES string of the molecule is CN1CCN(C)C(CC(O)Cc2cc(F)cc(F)c2)C1. The lowest BCUT2D eigenvalue weighted by Gasteiger charge is -2.38. The van der Waals surface area contributed by atoms with Crippen LogP contribution in [-0.4, -0.2) is 60.8 Å². The van der Waals surface area contributed by atoms with Gasteiger partial charge in [-0.1, -0.05) is 0 Å². The highest BCUT2D eigenvalue weighted by atomic mass is 19.1. The van der Waals surface area contributed by atoms with Crippen molar-refractivity contribution >= 4 is 0 Å². The maximum atomic E-state index is 13.1. The molecule has 0 bridgehead atoms. The molecular formula is C15H22F2N2O. The lowest BCUT2D eigenvalue weighted by Crippen LogP contribution is -2.51. The third kappa shape index (κ3) is 4.23. The summed E-state index contributed by atoms with van der Waals surface area (Å²) in [5.41, 5.74) is 0.502. The predicted molar refractivity (Wildman–Crippen MR) is 74.6 cm³/mol. The highest BCUT2D eigenvalue weighted by molar-refractivity contribution is 5.18. The molecule has 3 nitrogen and oxygen atoms in total. The van der Waals surface area contributed by atoms with E-state index in [2.05, 4.69) is 16.8 Å². The van der Waals surface area contributed by atoms with E-state index in [0.717, 1.165) is 25.7 Å². The smallest absolute Gasteiger partial charge is 0.126 e. The molecule has 0 aliphatic carbocycles. The molecule has 1 saturated heterocycles. The average Bonchev–Trinajstić information content (AvgIpc) is 2.32. The number of piperazine rings is 1. The van der Waals surface area contributed by atoms with E-state index >= 15 is 0 Å². The molecule has 0 saturated carbocycles. The summed E-state index contributed by atoms with van der Waals surface area (Å²) in [4.78, 5) is 4.47. The molecule has 0 amide bonds. The molecule has 0 aromatic heterocycles. The normalized spacial score (nSPS) is 22.9. The van der Waals surface area contributed by atoms with Crippen LogP contribution in [0.15, 0.2) is 18.2 Å². The summed E-state index contributed by atoms with van der Waals surface area (Å²) < 4.78 is 26.2. The Kier molecular flexibility index (Phi) is 5.07. The van der Waals surface area contributed by atoms with Crippen LogP contribution in [0.1, 0.15) is 12.0 Å². The summed E-state index contributed by atoms with van der Waals surface area (Å²) in [6.45, 7) is 2.91. The van der Waals surface area contributed by atoms with Crippen LogP contribution in [0.5, 0.6) is 0 Å². The Balaban J connectivity index is 1.92. The van der Waals surface area contributed by atoms with Crippen LogP contribution in [0.4, 0.5) is 8.78 Å². The van der Waals surface area contributed by atoms with Gasteiger partial charge in [0, 0.05) is 31.7 Å². The maximum absolute atomic E-state index is 13.1. The van der Waals surface area contributed by atoms with E-state index in [-0.39, 0.29) is 12.5 Å². The van der Waals surface area contributed by atoms with Gasteiger partial charge in [0.2, 0.25) is 0 Å². The number of aliphatic hydroxyl groups is 1. The average molecular weight is 284 g/mol. The number of nitrogens with zero attached hydrogens (tertiary/aromatic N) is 2. The van der Waals surface area contributed by atoms with E-state index in [0.29, 0.717) is 12.0 Å². The van der Waals surface area contributed by atoms with Crippen LogP contribution in [0, 0.1) is 11.6 Å². The number of benzene rings is 1. The van der Waals surface area contributed by atoms with Gasteiger partial charge >= 0.3 is 0 Å². The molecule has 0 spiro atoms. The third-order valence-electron chi connectivity index (χ3n) is 3.92. The van der Waals surface area contributed by atoms with Crippen LogP contribution in [-0.2, 0) is 6.42 Å². The molecular weight excluding hydrogens is 262 g/mol. The summed E-state index contributed by atoms with van der Waals surface area (Å²) in [6, 6.07) is 3.69. The standard InChI is InChI=1S/C15H22F2N2O/c1-18-3-4-19(2)14(10-18)9-15(20)7-11-5-12(16)8-13(17)6-11/h5-6,8,14-15,20H,3-4,7,9-10H2,1-2H3. The predicted octanol–water partition coefficient (Wildman–Crippen LogP) is 1.50. The number of rotatable bonds is 4. The lowest BCUT2D eigenvalue weighted by atomic mass is 9.99. The zero-order valence-electron chi connectivity index (χ0n) is 12.0. The van der Waals surface area contributed by atoms with Crippen LogP contribution in [0.25, 0.3) is 0 Å². The number of halogens is 2. The van der Waals surface area contributed by atoms with Crippen molar-refractivity contribution in [1.29, 1.82) is 0 Å². The highest BCUT2D eigenvalue weighted by Crippen LogP contribution is 2.16. The quantitative estimate of drug-likeness (QED) is 0.908. The fourth-order valence-corrected chi connectivity index (χ4v) is 2.75. The number of likely N-dealkylation sites (N-methyl/N-ethyl adjacent to an activating group) is 2. The molecule has 1 N–H and O–H groups in total.